The van der Waals surface area contributed by atoms with Crippen LogP contribution >= 0.6 is 15.9 Å². The molecule has 6 nitrogen and oxygen atoms in total. The van der Waals surface area contributed by atoms with Crippen LogP contribution in [0.3, 0.4) is 0 Å². The lowest BCUT2D eigenvalue weighted by Crippen LogP contribution is -2.37. The normalized spacial score (nSPS) is 21.5. The zero-order chi connectivity index (χ0) is 30.7. The van der Waals surface area contributed by atoms with Crippen molar-refractivity contribution < 1.29 is 13.9 Å². The molecule has 0 bridgehead atoms. The summed E-state index contributed by atoms with van der Waals surface area (Å²) < 4.78 is 20.3. The number of hydrogen-bond acceptors (Lipinski definition) is 4. The zero-order valence-corrected chi connectivity index (χ0v) is 27.2. The third kappa shape index (κ3) is 10.3. The van der Waals surface area contributed by atoms with Crippen molar-refractivity contribution in [1.82, 2.24) is 10.2 Å². The minimum Gasteiger partial charge on any atom is -0.497 e. The lowest BCUT2D eigenvalue weighted by Gasteiger charge is -2.26. The molecule has 0 spiro atoms. The van der Waals surface area contributed by atoms with Crippen LogP contribution in [-0.2, 0) is 17.7 Å². The van der Waals surface area contributed by atoms with Gasteiger partial charge in [-0.2, -0.15) is 0 Å². The molecule has 1 aliphatic heterocycles. The van der Waals surface area contributed by atoms with Gasteiger partial charge in [-0.3, -0.25) is 20.0 Å². The first kappa shape index (κ1) is 32.9. The first-order valence-corrected chi connectivity index (χ1v) is 16.3. The number of nitrogens with zero attached hydrogens (tertiary/aromatic N) is 2. The predicted molar refractivity (Wildman–Crippen MR) is 177 cm³/mol. The van der Waals surface area contributed by atoms with Crippen molar-refractivity contribution in [2.24, 2.45) is 16.6 Å². The van der Waals surface area contributed by atoms with E-state index in [1.807, 2.05) is 6.08 Å². The number of halogens is 2. The molecule has 43 heavy (non-hydrogen) atoms. The van der Waals surface area contributed by atoms with Crippen LogP contribution in [0.4, 0.5) is 4.39 Å². The smallest absolute Gasteiger partial charge is 0.258 e. The fraction of sp³-hybridized carbons (Fsp3) is 0.486. The molecule has 2 aromatic rings. The molecule has 0 radical (unpaired) electrons. The maximum Gasteiger partial charge on any atom is 0.258 e. The van der Waals surface area contributed by atoms with Gasteiger partial charge in [-0.05, 0) is 100 Å². The van der Waals surface area contributed by atoms with E-state index < -0.39 is 11.7 Å². The largest absolute Gasteiger partial charge is 0.497 e. The summed E-state index contributed by atoms with van der Waals surface area (Å²) in [5, 5.41) is 2.67. The van der Waals surface area contributed by atoms with Crippen LogP contribution in [0.15, 0.2) is 77.0 Å². The lowest BCUT2D eigenvalue weighted by molar-refractivity contribution is 0.0975. The quantitative estimate of drug-likeness (QED) is 0.109. The van der Waals surface area contributed by atoms with Crippen LogP contribution in [0.5, 0.6) is 0 Å². The number of amides is 1. The summed E-state index contributed by atoms with van der Waals surface area (Å²) >= 11 is 3.72. The van der Waals surface area contributed by atoms with Crippen molar-refractivity contribution in [2.45, 2.75) is 75.6 Å². The number of hydrogen-bond donors (Lipinski definition) is 2. The molecule has 232 valence electrons. The number of likely N-dealkylation sites (tertiary alicyclic amines) is 1. The predicted octanol–water partition coefficient (Wildman–Crippen LogP) is 7.29. The van der Waals surface area contributed by atoms with E-state index in [0.29, 0.717) is 24.9 Å². The van der Waals surface area contributed by atoms with Gasteiger partial charge in [0, 0.05) is 28.5 Å². The highest BCUT2D eigenvalue weighted by Crippen LogP contribution is 2.36. The van der Waals surface area contributed by atoms with E-state index in [1.54, 1.807) is 19.2 Å². The molecule has 1 saturated heterocycles. The first-order valence-electron chi connectivity index (χ1n) is 15.5. The molecule has 3 N–H and O–H groups in total. The highest BCUT2D eigenvalue weighted by molar-refractivity contribution is 9.10. The lowest BCUT2D eigenvalue weighted by atomic mass is 9.89. The van der Waals surface area contributed by atoms with Gasteiger partial charge in [0.25, 0.3) is 5.91 Å². The van der Waals surface area contributed by atoms with Crippen molar-refractivity contribution >= 4 is 27.8 Å². The molecule has 0 aromatic heterocycles. The van der Waals surface area contributed by atoms with Gasteiger partial charge in [-0.15, -0.1) is 0 Å². The summed E-state index contributed by atoms with van der Waals surface area (Å²) in [5.74, 6) is 0.765. The molecule has 1 fully saturated rings. The summed E-state index contributed by atoms with van der Waals surface area (Å²) in [4.78, 5) is 20.0. The van der Waals surface area contributed by atoms with Crippen molar-refractivity contribution in [3.05, 3.63) is 94.5 Å². The Bertz CT molecular complexity index is 1310. The molecule has 1 aliphatic carbocycles. The topological polar surface area (TPSA) is 79.9 Å². The van der Waals surface area contributed by atoms with Crippen LogP contribution in [0.2, 0.25) is 0 Å². The average molecular weight is 654 g/mol. The third-order valence-electron chi connectivity index (χ3n) is 8.48. The Morgan fingerprint density at radius 2 is 1.95 bits per heavy atom. The molecule has 0 saturated carbocycles. The van der Waals surface area contributed by atoms with E-state index >= 15 is 0 Å². The monoisotopic (exact) mass is 652 g/mol. The Kier molecular flexibility index (Phi) is 12.4. The van der Waals surface area contributed by atoms with Crippen molar-refractivity contribution in [3.63, 3.8) is 0 Å². The molecule has 8 heteroatoms. The molecule has 2 unspecified atom stereocenters. The number of carbonyl (C=O) groups is 1. The van der Waals surface area contributed by atoms with Gasteiger partial charge in [0.05, 0.1) is 7.11 Å². The maximum atomic E-state index is 14.9. The Hall–Kier alpha value is -2.97. The van der Waals surface area contributed by atoms with E-state index in [1.165, 1.54) is 43.9 Å². The Labute approximate surface area is 264 Å². The number of ether oxygens (including phenoxy) is 1. The van der Waals surface area contributed by atoms with E-state index in [-0.39, 0.29) is 15.8 Å². The number of methoxy groups -OCH3 is 1. The number of unbranched alkanes of at least 4 members (excludes halogenated alkanes) is 1. The van der Waals surface area contributed by atoms with E-state index in [2.05, 4.69) is 74.5 Å². The van der Waals surface area contributed by atoms with Gasteiger partial charge in [0.2, 0.25) is 0 Å². The number of alkyl halides is 1. The van der Waals surface area contributed by atoms with Gasteiger partial charge >= 0.3 is 0 Å². The maximum absolute atomic E-state index is 14.9. The molecule has 2 aliphatic rings. The number of benzene rings is 2. The summed E-state index contributed by atoms with van der Waals surface area (Å²) in [6.07, 6.45) is 12.6. The highest BCUT2D eigenvalue weighted by Gasteiger charge is 2.26. The van der Waals surface area contributed by atoms with Crippen LogP contribution in [0.25, 0.3) is 0 Å². The summed E-state index contributed by atoms with van der Waals surface area (Å²) in [6, 6.07) is 15.3. The fourth-order valence-corrected chi connectivity index (χ4v) is 6.61. The second-order valence-corrected chi connectivity index (χ2v) is 13.8. The number of nitrogens with two attached hydrogens (primary N) is 1. The van der Waals surface area contributed by atoms with Crippen LogP contribution in [0.1, 0.15) is 79.8 Å². The Morgan fingerprint density at radius 1 is 1.14 bits per heavy atom. The van der Waals surface area contributed by atoms with Gasteiger partial charge in [-0.1, -0.05) is 71.2 Å². The Morgan fingerprint density at radius 3 is 2.74 bits per heavy atom. The number of aliphatic imine (C=N–C) groups is 1. The number of allylic oxidation sites excluding steroid dienone is 3. The van der Waals surface area contributed by atoms with Gasteiger partial charge in [0.15, 0.2) is 5.96 Å². The first-order chi connectivity index (χ1) is 20.7. The van der Waals surface area contributed by atoms with E-state index in [9.17, 15) is 9.18 Å². The third-order valence-corrected chi connectivity index (χ3v) is 9.03. The average Bonchev–Trinajstić information content (AvgIpc) is 3.21. The minimum absolute atomic E-state index is 0.0723. The number of carbonyl (C=O) groups excluding carboxylic acids is 1. The van der Waals surface area contributed by atoms with Crippen LogP contribution in [0, 0.1) is 11.7 Å². The highest BCUT2D eigenvalue weighted by atomic mass is 79.9. The van der Waals surface area contributed by atoms with Gasteiger partial charge < -0.3 is 10.5 Å². The molecule has 1 heterocycles. The molecule has 2 aromatic carbocycles. The molecular weight excluding hydrogens is 607 g/mol. The molecular formula is C35H46BrFN4O2. The van der Waals surface area contributed by atoms with Crippen molar-refractivity contribution in [1.29, 1.82) is 0 Å². The standard InChI is InChI=1S/C35H46BrFN4O2/c1-35(36)20-18-32(43-2)28(24-35)16-17-29-30(14-8-15-31(29)37)33(42)40-34(38)39-21-7-6-10-26-13-9-22-41(23-19-26)25-27-11-4-3-5-12-27/h3-5,8,11-12,14-15,18,20,26H,6-7,9-10,13,16-17,19,21-25H2,1-2H3,(H3,38,39,40,42). The molecule has 2 atom stereocenters. The fourth-order valence-electron chi connectivity index (χ4n) is 6.14. The summed E-state index contributed by atoms with van der Waals surface area (Å²) in [6.45, 7) is 5.99. The van der Waals surface area contributed by atoms with Crippen molar-refractivity contribution in [2.75, 3.05) is 26.7 Å². The number of nitrogens with one attached hydrogen (secondary N) is 1. The summed E-state index contributed by atoms with van der Waals surface area (Å²) in [7, 11) is 1.64. The SMILES string of the molecule is COC1=C(CCc2c(F)cccc2C(=O)NC(N)=NCCCCC2CCCN(Cc3ccccc3)CC2)CC(C)(Br)C=C1. The van der Waals surface area contributed by atoms with E-state index in [4.69, 9.17) is 10.5 Å². The van der Waals surface area contributed by atoms with Gasteiger partial charge in [0.1, 0.15) is 11.6 Å². The van der Waals surface area contributed by atoms with Crippen LogP contribution in [-0.4, -0.2) is 47.8 Å². The Balaban J connectivity index is 1.22. The summed E-state index contributed by atoms with van der Waals surface area (Å²) in [5.41, 5.74) is 9.17. The minimum atomic E-state index is -0.441. The second kappa shape index (κ2) is 16.2. The number of guanidine groups is 1. The van der Waals surface area contributed by atoms with Gasteiger partial charge in [-0.25, -0.2) is 4.39 Å². The zero-order valence-electron chi connectivity index (χ0n) is 25.6. The van der Waals surface area contributed by atoms with Crippen LogP contribution < -0.4 is 11.1 Å². The van der Waals surface area contributed by atoms with Crippen molar-refractivity contribution in [3.8, 4) is 0 Å². The molecule has 1 amide bonds. The number of rotatable bonds is 12. The van der Waals surface area contributed by atoms with E-state index in [0.717, 1.165) is 49.6 Å². The second-order valence-electron chi connectivity index (χ2n) is 12.0. The molecule has 4 rings (SSSR count).